The monoisotopic (exact) mass is 285 g/mol. The number of nitrogens with zero attached hydrogens (tertiary/aromatic N) is 1. The number of hydrogen-bond donors (Lipinski definition) is 0. The number of aryl methyl sites for hydroxylation is 1. The van der Waals surface area contributed by atoms with Crippen LogP contribution in [0.5, 0.6) is 0 Å². The van der Waals surface area contributed by atoms with Crippen molar-refractivity contribution >= 4 is 16.9 Å². The van der Waals surface area contributed by atoms with Crippen molar-refractivity contribution < 1.29 is 13.6 Å². The molecule has 3 aromatic rings. The molecule has 106 valence electrons. The maximum atomic E-state index is 13.2. The minimum Gasteiger partial charge on any atom is -0.408 e. The van der Waals surface area contributed by atoms with Crippen LogP contribution in [0, 0.1) is 5.82 Å². The molecule has 0 bridgehead atoms. The minimum atomic E-state index is -0.467. The summed E-state index contributed by atoms with van der Waals surface area (Å²) in [6, 6.07) is 10.3. The molecule has 21 heavy (non-hydrogen) atoms. The molecule has 5 heteroatoms. The van der Waals surface area contributed by atoms with Gasteiger partial charge in [0.1, 0.15) is 5.82 Å². The van der Waals surface area contributed by atoms with Crippen molar-refractivity contribution in [1.29, 1.82) is 0 Å². The first-order valence-corrected chi connectivity index (χ1v) is 6.54. The Labute approximate surface area is 119 Å². The second-order valence-electron chi connectivity index (χ2n) is 4.63. The summed E-state index contributed by atoms with van der Waals surface area (Å²) in [6.07, 6.45) is 0. The zero-order chi connectivity index (χ0) is 15.0. The van der Waals surface area contributed by atoms with E-state index in [-0.39, 0.29) is 11.3 Å². The van der Waals surface area contributed by atoms with Gasteiger partial charge in [-0.3, -0.25) is 9.36 Å². The molecule has 1 heterocycles. The van der Waals surface area contributed by atoms with Crippen LogP contribution in [0.2, 0.25) is 0 Å². The largest absolute Gasteiger partial charge is 0.419 e. The van der Waals surface area contributed by atoms with Crippen LogP contribution in [-0.4, -0.2) is 10.4 Å². The third-order valence-electron chi connectivity index (χ3n) is 3.33. The van der Waals surface area contributed by atoms with Gasteiger partial charge in [-0.1, -0.05) is 12.1 Å². The number of oxazole rings is 1. The third-order valence-corrected chi connectivity index (χ3v) is 3.33. The number of carbonyl (C=O) groups excluding carboxylic acids is 1. The molecule has 0 aliphatic heterocycles. The van der Waals surface area contributed by atoms with Crippen molar-refractivity contribution in [3.8, 4) is 0 Å². The van der Waals surface area contributed by atoms with Crippen molar-refractivity contribution in [2.45, 2.75) is 13.5 Å². The smallest absolute Gasteiger partial charge is 0.408 e. The predicted octanol–water partition coefficient (Wildman–Crippen LogP) is 2.98. The summed E-state index contributed by atoms with van der Waals surface area (Å²) < 4.78 is 19.8. The predicted molar refractivity (Wildman–Crippen MR) is 76.0 cm³/mol. The number of rotatable bonds is 3. The Morgan fingerprint density at radius 3 is 2.67 bits per heavy atom. The second kappa shape index (κ2) is 5.01. The molecule has 1 aromatic heterocycles. The fraction of sp³-hybridized carbons (Fsp3) is 0.125. The molecule has 0 aliphatic rings. The van der Waals surface area contributed by atoms with Gasteiger partial charge >= 0.3 is 5.76 Å². The van der Waals surface area contributed by atoms with Crippen molar-refractivity contribution in [3.63, 3.8) is 0 Å². The van der Waals surface area contributed by atoms with Gasteiger partial charge in [0.2, 0.25) is 0 Å². The number of benzene rings is 2. The van der Waals surface area contributed by atoms with Gasteiger partial charge in [-0.2, -0.15) is 0 Å². The number of hydrogen-bond acceptors (Lipinski definition) is 3. The van der Waals surface area contributed by atoms with E-state index in [1.165, 1.54) is 28.8 Å². The zero-order valence-electron chi connectivity index (χ0n) is 11.3. The van der Waals surface area contributed by atoms with Crippen molar-refractivity contribution in [1.82, 2.24) is 4.57 Å². The number of carbonyl (C=O) groups is 1. The van der Waals surface area contributed by atoms with Crippen LogP contribution in [0.1, 0.15) is 22.8 Å². The van der Waals surface area contributed by atoms with E-state index in [1.807, 2.05) is 6.92 Å². The standard InChI is InChI=1S/C16H12FNO3/c1-2-18-13-7-6-11(9-14(13)21-16(18)20)15(19)10-4-3-5-12(17)8-10/h3-9H,2H2,1H3. The Hall–Kier alpha value is -2.69. The van der Waals surface area contributed by atoms with E-state index >= 15 is 0 Å². The molecule has 2 aromatic carbocycles. The third kappa shape index (κ3) is 2.27. The average Bonchev–Trinajstić information content (AvgIpc) is 2.80. The molecule has 0 fully saturated rings. The van der Waals surface area contributed by atoms with E-state index in [0.29, 0.717) is 23.2 Å². The normalized spacial score (nSPS) is 11.0. The highest BCUT2D eigenvalue weighted by atomic mass is 19.1. The fourth-order valence-electron chi connectivity index (χ4n) is 2.30. The van der Waals surface area contributed by atoms with Gasteiger partial charge < -0.3 is 4.42 Å². The van der Waals surface area contributed by atoms with Crippen molar-refractivity contribution in [2.24, 2.45) is 0 Å². The first-order valence-electron chi connectivity index (χ1n) is 6.54. The molecule has 0 saturated carbocycles. The summed E-state index contributed by atoms with van der Waals surface area (Å²) in [5, 5.41) is 0. The van der Waals surface area contributed by atoms with E-state index in [0.717, 1.165) is 0 Å². The van der Waals surface area contributed by atoms with Crippen LogP contribution < -0.4 is 5.76 Å². The van der Waals surface area contributed by atoms with Crippen LogP contribution in [0.15, 0.2) is 51.7 Å². The molecule has 4 nitrogen and oxygen atoms in total. The Morgan fingerprint density at radius 1 is 1.19 bits per heavy atom. The summed E-state index contributed by atoms with van der Waals surface area (Å²) in [6.45, 7) is 2.32. The second-order valence-corrected chi connectivity index (χ2v) is 4.63. The molecule has 0 spiro atoms. The topological polar surface area (TPSA) is 52.2 Å². The van der Waals surface area contributed by atoms with Crippen molar-refractivity contribution in [2.75, 3.05) is 0 Å². The Kier molecular flexibility index (Phi) is 3.17. The Balaban J connectivity index is 2.09. The van der Waals surface area contributed by atoms with Crippen LogP contribution in [0.25, 0.3) is 11.1 Å². The molecule has 0 radical (unpaired) electrons. The van der Waals surface area contributed by atoms with E-state index in [4.69, 9.17) is 4.42 Å². The van der Waals surface area contributed by atoms with Gasteiger partial charge in [0.05, 0.1) is 5.52 Å². The summed E-state index contributed by atoms with van der Waals surface area (Å²) in [5.74, 6) is -1.24. The number of fused-ring (bicyclic) bond motifs is 1. The summed E-state index contributed by atoms with van der Waals surface area (Å²) in [7, 11) is 0. The van der Waals surface area contributed by atoms with Gasteiger partial charge in [0.25, 0.3) is 0 Å². The average molecular weight is 285 g/mol. The number of ketones is 1. The van der Waals surface area contributed by atoms with Crippen LogP contribution in [0.4, 0.5) is 4.39 Å². The lowest BCUT2D eigenvalue weighted by molar-refractivity contribution is 0.103. The molecule has 0 saturated heterocycles. The fourth-order valence-corrected chi connectivity index (χ4v) is 2.30. The lowest BCUT2D eigenvalue weighted by Gasteiger charge is -2.02. The van der Waals surface area contributed by atoms with Gasteiger partial charge in [0, 0.05) is 17.7 Å². The lowest BCUT2D eigenvalue weighted by atomic mass is 10.0. The van der Waals surface area contributed by atoms with E-state index < -0.39 is 11.6 Å². The van der Waals surface area contributed by atoms with Gasteiger partial charge in [0.15, 0.2) is 11.4 Å². The molecular formula is C16H12FNO3. The van der Waals surface area contributed by atoms with E-state index in [2.05, 4.69) is 0 Å². The molecule has 0 atom stereocenters. The van der Waals surface area contributed by atoms with E-state index in [1.54, 1.807) is 18.2 Å². The molecule has 3 rings (SSSR count). The zero-order valence-corrected chi connectivity index (χ0v) is 11.3. The van der Waals surface area contributed by atoms with Crippen LogP contribution >= 0.6 is 0 Å². The van der Waals surface area contributed by atoms with Crippen molar-refractivity contribution in [3.05, 3.63) is 70.0 Å². The molecule has 0 amide bonds. The number of aromatic nitrogens is 1. The highest BCUT2D eigenvalue weighted by Crippen LogP contribution is 2.18. The molecular weight excluding hydrogens is 273 g/mol. The first-order chi connectivity index (χ1) is 10.1. The maximum Gasteiger partial charge on any atom is 0.419 e. The molecule has 0 aliphatic carbocycles. The van der Waals surface area contributed by atoms with Gasteiger partial charge in [-0.25, -0.2) is 9.18 Å². The quantitative estimate of drug-likeness (QED) is 0.695. The SMILES string of the molecule is CCn1c(=O)oc2cc(C(=O)c3cccc(F)c3)ccc21. The van der Waals surface area contributed by atoms with Crippen LogP contribution in [-0.2, 0) is 6.54 Å². The lowest BCUT2D eigenvalue weighted by Crippen LogP contribution is -2.11. The summed E-state index contributed by atoms with van der Waals surface area (Å²) in [4.78, 5) is 23.9. The Bertz CT molecular complexity index is 892. The summed E-state index contributed by atoms with van der Waals surface area (Å²) in [5.41, 5.74) is 1.60. The number of halogens is 1. The molecule has 0 unspecified atom stereocenters. The highest BCUT2D eigenvalue weighted by molar-refractivity contribution is 6.10. The van der Waals surface area contributed by atoms with Gasteiger partial charge in [-0.15, -0.1) is 0 Å². The minimum absolute atomic E-state index is 0.256. The summed E-state index contributed by atoms with van der Waals surface area (Å²) >= 11 is 0. The van der Waals surface area contributed by atoms with E-state index in [9.17, 15) is 14.0 Å². The maximum absolute atomic E-state index is 13.2. The highest BCUT2D eigenvalue weighted by Gasteiger charge is 2.14. The van der Waals surface area contributed by atoms with Crippen LogP contribution in [0.3, 0.4) is 0 Å². The molecule has 0 N–H and O–H groups in total. The van der Waals surface area contributed by atoms with Gasteiger partial charge in [-0.05, 0) is 37.3 Å². The Morgan fingerprint density at radius 2 is 1.95 bits per heavy atom. The first kappa shape index (κ1) is 13.3.